The third-order valence-electron chi connectivity index (χ3n) is 5.19. The number of hydrogen-bond donors (Lipinski definition) is 0. The molecule has 2 aliphatic carbocycles. The van der Waals surface area contributed by atoms with E-state index in [0.717, 1.165) is 5.56 Å². The molecule has 0 saturated carbocycles. The number of fused-ring (bicyclic) bond motifs is 2. The van der Waals surface area contributed by atoms with E-state index in [1.165, 1.54) is 0 Å². The molecule has 4 rings (SSSR count). The lowest BCUT2D eigenvalue weighted by atomic mass is 9.61. The second kappa shape index (κ2) is 6.42. The SMILES string of the molecule is [2H]c1c([2H])c([2H])c(C2C=C(C#N)C3CC2C(C#N)=CC3c2ccccc2)c([2H])c1[2H]. The van der Waals surface area contributed by atoms with Crippen LogP contribution in [-0.2, 0) is 0 Å². The van der Waals surface area contributed by atoms with Crippen molar-refractivity contribution in [3.05, 3.63) is 95.0 Å². The summed E-state index contributed by atoms with van der Waals surface area (Å²) in [6.45, 7) is 0. The van der Waals surface area contributed by atoms with Gasteiger partial charge in [-0.15, -0.1) is 0 Å². The Bertz CT molecular complexity index is 1140. The zero-order chi connectivity index (χ0) is 21.6. The quantitative estimate of drug-likeness (QED) is 0.770. The van der Waals surface area contributed by atoms with E-state index in [9.17, 15) is 10.5 Å². The number of rotatable bonds is 2. The van der Waals surface area contributed by atoms with E-state index in [-0.39, 0.29) is 35.4 Å². The fourth-order valence-electron chi connectivity index (χ4n) is 4.03. The van der Waals surface area contributed by atoms with E-state index in [2.05, 4.69) is 12.1 Å². The average molecular weight is 327 g/mol. The van der Waals surface area contributed by atoms with E-state index in [1.807, 2.05) is 36.4 Å². The first kappa shape index (κ1) is 10.7. The molecule has 25 heavy (non-hydrogen) atoms. The zero-order valence-corrected chi connectivity index (χ0v) is 13.5. The van der Waals surface area contributed by atoms with Gasteiger partial charge in [-0.05, 0) is 17.5 Å². The van der Waals surface area contributed by atoms with Crippen molar-refractivity contribution < 1.29 is 6.85 Å². The molecule has 0 amide bonds. The van der Waals surface area contributed by atoms with Gasteiger partial charge in [-0.25, -0.2) is 0 Å². The van der Waals surface area contributed by atoms with Crippen LogP contribution in [0.25, 0.3) is 0 Å². The van der Waals surface area contributed by atoms with E-state index in [4.69, 9.17) is 6.85 Å². The third-order valence-corrected chi connectivity index (χ3v) is 5.19. The average Bonchev–Trinajstić information content (AvgIpc) is 2.78. The molecule has 0 aromatic heterocycles. The molecule has 0 saturated heterocycles. The van der Waals surface area contributed by atoms with Gasteiger partial charge in [0.15, 0.2) is 0 Å². The van der Waals surface area contributed by atoms with Crippen LogP contribution in [0.1, 0.15) is 36.2 Å². The second-order valence-electron chi connectivity index (χ2n) is 6.42. The molecule has 0 radical (unpaired) electrons. The summed E-state index contributed by atoms with van der Waals surface area (Å²) in [6.07, 6.45) is 4.12. The van der Waals surface area contributed by atoms with Crippen molar-refractivity contribution in [3.63, 3.8) is 0 Å². The van der Waals surface area contributed by atoms with Crippen LogP contribution in [0.15, 0.2) is 83.8 Å². The number of nitriles is 2. The second-order valence-corrected chi connectivity index (χ2v) is 6.42. The Hall–Kier alpha value is -3.10. The monoisotopic (exact) mass is 327 g/mol. The lowest BCUT2D eigenvalue weighted by Gasteiger charge is -2.41. The molecule has 2 aromatic rings. The van der Waals surface area contributed by atoms with Crippen molar-refractivity contribution in [1.82, 2.24) is 0 Å². The van der Waals surface area contributed by atoms with Crippen molar-refractivity contribution in [1.29, 1.82) is 10.5 Å². The fourth-order valence-corrected chi connectivity index (χ4v) is 4.03. The molecule has 2 heteroatoms. The van der Waals surface area contributed by atoms with Crippen LogP contribution in [0.3, 0.4) is 0 Å². The Morgan fingerprint density at radius 1 is 0.800 bits per heavy atom. The highest BCUT2D eigenvalue weighted by Gasteiger charge is 2.41. The largest absolute Gasteiger partial charge is 0.193 e. The first-order valence-electron chi connectivity index (χ1n) is 10.7. The number of allylic oxidation sites excluding steroid dienone is 4. The molecule has 2 nitrogen and oxygen atoms in total. The summed E-state index contributed by atoms with van der Waals surface area (Å²) in [7, 11) is 0. The summed E-state index contributed by atoms with van der Waals surface area (Å²) in [5, 5.41) is 19.7. The van der Waals surface area contributed by atoms with Crippen LogP contribution in [0.4, 0.5) is 0 Å². The van der Waals surface area contributed by atoms with Crippen LogP contribution in [0, 0.1) is 34.5 Å². The third kappa shape index (κ3) is 2.67. The molecule has 4 unspecified atom stereocenters. The molecule has 2 aliphatic rings. The lowest BCUT2D eigenvalue weighted by molar-refractivity contribution is 0.357. The minimum Gasteiger partial charge on any atom is -0.193 e. The van der Waals surface area contributed by atoms with Gasteiger partial charge in [0.2, 0.25) is 0 Å². The normalized spacial score (nSPS) is 30.2. The van der Waals surface area contributed by atoms with Gasteiger partial charge < -0.3 is 0 Å². The van der Waals surface area contributed by atoms with E-state index >= 15 is 0 Å². The highest BCUT2D eigenvalue weighted by Crippen LogP contribution is 2.51. The molecule has 0 N–H and O–H groups in total. The fraction of sp³-hybridized carbons (Fsp3) is 0.217. The predicted molar refractivity (Wildman–Crippen MR) is 97.4 cm³/mol. The zero-order valence-electron chi connectivity index (χ0n) is 18.5. The van der Waals surface area contributed by atoms with Crippen molar-refractivity contribution in [2.24, 2.45) is 11.8 Å². The highest BCUT2D eigenvalue weighted by molar-refractivity contribution is 5.47. The molecule has 0 spiro atoms. The molecule has 2 bridgehead atoms. The van der Waals surface area contributed by atoms with Crippen molar-refractivity contribution in [2.45, 2.75) is 18.3 Å². The van der Waals surface area contributed by atoms with Crippen molar-refractivity contribution >= 4 is 0 Å². The first-order valence-corrected chi connectivity index (χ1v) is 8.24. The Morgan fingerprint density at radius 2 is 1.36 bits per heavy atom. The molecule has 0 heterocycles. The van der Waals surface area contributed by atoms with Gasteiger partial charge in [-0.3, -0.25) is 0 Å². The maximum atomic E-state index is 9.85. The van der Waals surface area contributed by atoms with Gasteiger partial charge in [0.25, 0.3) is 0 Å². The van der Waals surface area contributed by atoms with Gasteiger partial charge in [0, 0.05) is 34.8 Å². The summed E-state index contributed by atoms with van der Waals surface area (Å²) in [5.74, 6) is -1.17. The molecule has 2 aromatic carbocycles. The maximum absolute atomic E-state index is 9.85. The standard InChI is InChI=1S/C23H18N2/c24-14-18-11-20(16-7-3-1-4-8-16)22-13-23(18)21(12-19(22)15-25)17-9-5-2-6-10-17/h1-12,20-23H,13H2/i1D,3D,4D,7D,8D. The molecular weight excluding hydrogens is 304 g/mol. The molecule has 0 fully saturated rings. The van der Waals surface area contributed by atoms with Crippen LogP contribution >= 0.6 is 0 Å². The van der Waals surface area contributed by atoms with Gasteiger partial charge >= 0.3 is 0 Å². The van der Waals surface area contributed by atoms with Crippen LogP contribution in [0.2, 0.25) is 0 Å². The Kier molecular flexibility index (Phi) is 2.75. The van der Waals surface area contributed by atoms with Crippen LogP contribution < -0.4 is 0 Å². The van der Waals surface area contributed by atoms with Gasteiger partial charge in [-0.1, -0.05) is 72.7 Å². The Balaban J connectivity index is 1.90. The summed E-state index contributed by atoms with van der Waals surface area (Å²) in [4.78, 5) is 0. The molecular formula is C23H18N2. The van der Waals surface area contributed by atoms with Gasteiger partial charge in [0.1, 0.15) is 0 Å². The first-order chi connectivity index (χ1) is 14.4. The maximum Gasteiger partial charge on any atom is 0.0947 e. The van der Waals surface area contributed by atoms with Crippen molar-refractivity contribution in [2.75, 3.05) is 0 Å². The Labute approximate surface area is 155 Å². The minimum atomic E-state index is -0.618. The predicted octanol–water partition coefficient (Wildman–Crippen LogP) is 5.10. The number of hydrogen-bond acceptors (Lipinski definition) is 2. The highest BCUT2D eigenvalue weighted by atomic mass is 14.5. The van der Waals surface area contributed by atoms with Crippen LogP contribution in [0.5, 0.6) is 0 Å². The smallest absolute Gasteiger partial charge is 0.0947 e. The van der Waals surface area contributed by atoms with E-state index in [0.29, 0.717) is 17.6 Å². The summed E-state index contributed by atoms with van der Waals surface area (Å²) in [5.41, 5.74) is 2.24. The van der Waals surface area contributed by atoms with Gasteiger partial charge in [0.05, 0.1) is 19.0 Å². The summed E-state index contributed by atoms with van der Waals surface area (Å²) in [6, 6.07) is 12.5. The lowest BCUT2D eigenvalue weighted by Crippen LogP contribution is -2.31. The summed E-state index contributed by atoms with van der Waals surface area (Å²) >= 11 is 0. The molecule has 0 aliphatic heterocycles. The summed E-state index contributed by atoms with van der Waals surface area (Å²) < 4.78 is 40.5. The number of benzene rings is 2. The molecule has 120 valence electrons. The number of nitrogens with zero attached hydrogens (tertiary/aromatic N) is 2. The van der Waals surface area contributed by atoms with E-state index < -0.39 is 24.0 Å². The van der Waals surface area contributed by atoms with Gasteiger partial charge in [-0.2, -0.15) is 10.5 Å². The minimum absolute atomic E-state index is 0.107. The van der Waals surface area contributed by atoms with Crippen molar-refractivity contribution in [3.8, 4) is 12.1 Å². The topological polar surface area (TPSA) is 47.6 Å². The van der Waals surface area contributed by atoms with Crippen LogP contribution in [-0.4, -0.2) is 0 Å². The Morgan fingerprint density at radius 3 is 1.92 bits per heavy atom. The van der Waals surface area contributed by atoms with E-state index in [1.54, 1.807) is 6.08 Å². The molecule has 4 atom stereocenters.